The molecule has 2 atom stereocenters. The first-order chi connectivity index (χ1) is 15.4. The molecule has 6 nitrogen and oxygen atoms in total. The van der Waals surface area contributed by atoms with Gasteiger partial charge < -0.3 is 9.84 Å². The molecule has 174 valence electrons. The summed E-state index contributed by atoms with van der Waals surface area (Å²) in [6.07, 6.45) is -2.80. The van der Waals surface area contributed by atoms with Gasteiger partial charge in [0.25, 0.3) is 0 Å². The molecule has 0 aliphatic carbocycles. The Hall–Kier alpha value is -3.27. The first-order valence-corrected chi connectivity index (χ1v) is 11.5. The molecule has 1 aromatic heterocycles. The summed E-state index contributed by atoms with van der Waals surface area (Å²) in [6, 6.07) is 8.76. The van der Waals surface area contributed by atoms with Crippen LogP contribution in [0.15, 0.2) is 55.1 Å². The zero-order valence-electron chi connectivity index (χ0n) is 17.5. The smallest absolute Gasteiger partial charge is 0.416 e. The molecule has 3 aromatic rings. The minimum absolute atomic E-state index is 0.0262. The highest BCUT2D eigenvalue weighted by Crippen LogP contribution is 2.38. The van der Waals surface area contributed by atoms with Crippen LogP contribution in [0.3, 0.4) is 0 Å². The summed E-state index contributed by atoms with van der Waals surface area (Å²) in [5.41, 5.74) is 0.0892. The van der Waals surface area contributed by atoms with Crippen molar-refractivity contribution in [2.24, 2.45) is 0 Å². The molecule has 4 rings (SSSR count). The number of alkyl halides is 3. The number of carbonyl (C=O) groups is 1. The second-order valence-corrected chi connectivity index (χ2v) is 9.73. The van der Waals surface area contributed by atoms with Crippen LogP contribution in [-0.4, -0.2) is 30.1 Å². The van der Waals surface area contributed by atoms with Crippen molar-refractivity contribution in [3.05, 3.63) is 77.5 Å². The van der Waals surface area contributed by atoms with Crippen LogP contribution in [0.25, 0.3) is 10.9 Å². The van der Waals surface area contributed by atoms with Gasteiger partial charge in [0.05, 0.1) is 23.6 Å². The molecule has 0 saturated carbocycles. The molecule has 2 aromatic carbocycles. The first-order valence-electron chi connectivity index (χ1n) is 10.0. The van der Waals surface area contributed by atoms with Gasteiger partial charge in [-0.25, -0.2) is 12.4 Å². The number of fused-ring (bicyclic) bond motifs is 2. The molecule has 1 aliphatic heterocycles. The number of carboxylic acid groups (broad SMARTS) is 1. The standard InChI is InChI=1S/C23H20F3NO5S/c1-3-21(15-4-7-20-14(10-15)8-9-32-20)33(30,31)27-18-6-5-17(23(24,25)26)11-16(18)12-19(27)13(2)22(28)29/h3-7,10-13,21H,1,8-9H2,2H3,(H,28,29). The van der Waals surface area contributed by atoms with E-state index in [9.17, 15) is 31.5 Å². The molecule has 0 spiro atoms. The number of benzene rings is 2. The van der Waals surface area contributed by atoms with Crippen LogP contribution in [0.1, 0.15) is 40.5 Å². The lowest BCUT2D eigenvalue weighted by molar-refractivity contribution is -0.139. The lowest BCUT2D eigenvalue weighted by Gasteiger charge is -2.20. The maximum absolute atomic E-state index is 13.8. The monoisotopic (exact) mass is 479 g/mol. The Balaban J connectivity index is 1.94. The predicted octanol–water partition coefficient (Wildman–Crippen LogP) is 4.89. The number of carboxylic acids is 1. The molecule has 2 unspecified atom stereocenters. The summed E-state index contributed by atoms with van der Waals surface area (Å²) in [6.45, 7) is 5.42. The molecule has 0 bridgehead atoms. The van der Waals surface area contributed by atoms with E-state index in [1.165, 1.54) is 19.1 Å². The molecule has 0 amide bonds. The highest BCUT2D eigenvalue weighted by molar-refractivity contribution is 7.90. The van der Waals surface area contributed by atoms with Crippen LogP contribution >= 0.6 is 0 Å². The molecule has 0 saturated heterocycles. The van der Waals surface area contributed by atoms with Crippen LogP contribution in [0.2, 0.25) is 0 Å². The van der Waals surface area contributed by atoms with Gasteiger partial charge in [0.2, 0.25) is 10.0 Å². The van der Waals surface area contributed by atoms with E-state index >= 15 is 0 Å². The van der Waals surface area contributed by atoms with Crippen molar-refractivity contribution in [3.63, 3.8) is 0 Å². The number of hydrogen-bond donors (Lipinski definition) is 1. The molecule has 2 heterocycles. The molecule has 1 N–H and O–H groups in total. The summed E-state index contributed by atoms with van der Waals surface area (Å²) in [5.74, 6) is -1.94. The van der Waals surface area contributed by atoms with Crippen molar-refractivity contribution in [2.75, 3.05) is 6.61 Å². The number of halogens is 3. The maximum atomic E-state index is 13.8. The molecule has 0 fully saturated rings. The number of aromatic nitrogens is 1. The fourth-order valence-electron chi connectivity index (χ4n) is 4.03. The Morgan fingerprint density at radius 3 is 2.58 bits per heavy atom. The van der Waals surface area contributed by atoms with E-state index in [1.807, 2.05) is 0 Å². The van der Waals surface area contributed by atoms with Crippen molar-refractivity contribution < 1.29 is 36.2 Å². The van der Waals surface area contributed by atoms with Gasteiger partial charge in [-0.3, -0.25) is 4.79 Å². The molecular weight excluding hydrogens is 459 g/mol. The van der Waals surface area contributed by atoms with Gasteiger partial charge in [-0.1, -0.05) is 18.2 Å². The largest absolute Gasteiger partial charge is 0.493 e. The number of aliphatic carboxylic acids is 1. The number of rotatable bonds is 6. The van der Waals surface area contributed by atoms with Crippen LogP contribution in [0.5, 0.6) is 5.75 Å². The SMILES string of the molecule is C=CC(c1ccc2c(c1)CCO2)S(=O)(=O)n1c(C(C)C(=O)O)cc2cc(C(F)(F)F)ccc21. The fourth-order valence-corrected chi connectivity index (χ4v) is 5.93. The highest BCUT2D eigenvalue weighted by atomic mass is 32.2. The third-order valence-corrected chi connectivity index (χ3v) is 7.78. The lowest BCUT2D eigenvalue weighted by Crippen LogP contribution is -2.24. The van der Waals surface area contributed by atoms with Crippen LogP contribution in [0.4, 0.5) is 13.2 Å². The van der Waals surface area contributed by atoms with Gasteiger partial charge >= 0.3 is 12.1 Å². The van der Waals surface area contributed by atoms with Crippen LogP contribution in [-0.2, 0) is 27.4 Å². The summed E-state index contributed by atoms with van der Waals surface area (Å²) >= 11 is 0. The fraction of sp³-hybridized carbons (Fsp3) is 0.261. The number of hydrogen-bond acceptors (Lipinski definition) is 4. The van der Waals surface area contributed by atoms with E-state index in [0.717, 1.165) is 27.7 Å². The maximum Gasteiger partial charge on any atom is 0.416 e. The van der Waals surface area contributed by atoms with E-state index in [0.29, 0.717) is 24.3 Å². The van der Waals surface area contributed by atoms with Crippen molar-refractivity contribution in [1.82, 2.24) is 3.97 Å². The third-order valence-electron chi connectivity index (χ3n) is 5.76. The van der Waals surface area contributed by atoms with Crippen LogP contribution in [0, 0.1) is 0 Å². The molecular formula is C23H20F3NO5S. The zero-order chi connectivity index (χ0) is 24.1. The molecule has 10 heteroatoms. The van der Waals surface area contributed by atoms with Crippen molar-refractivity contribution in [2.45, 2.75) is 30.7 Å². The van der Waals surface area contributed by atoms with Crippen molar-refractivity contribution in [3.8, 4) is 5.75 Å². The average molecular weight is 479 g/mol. The Morgan fingerprint density at radius 2 is 1.94 bits per heavy atom. The van der Waals surface area contributed by atoms with Gasteiger partial charge in [0.1, 0.15) is 11.0 Å². The number of nitrogens with zero attached hydrogens (tertiary/aromatic N) is 1. The van der Waals surface area contributed by atoms with Crippen LogP contribution < -0.4 is 4.74 Å². The van der Waals surface area contributed by atoms with Gasteiger partial charge in [0.15, 0.2) is 0 Å². The Kier molecular flexibility index (Phi) is 5.52. The second kappa shape index (κ2) is 7.95. The van der Waals surface area contributed by atoms with Gasteiger partial charge in [-0.2, -0.15) is 13.2 Å². The average Bonchev–Trinajstić information content (AvgIpc) is 3.36. The summed E-state index contributed by atoms with van der Waals surface area (Å²) in [4.78, 5) is 11.7. The summed E-state index contributed by atoms with van der Waals surface area (Å²) in [5, 5.41) is 8.24. The highest BCUT2D eigenvalue weighted by Gasteiger charge is 2.35. The Bertz CT molecular complexity index is 1370. The Morgan fingerprint density at radius 1 is 1.21 bits per heavy atom. The molecule has 33 heavy (non-hydrogen) atoms. The van der Waals surface area contributed by atoms with Crippen molar-refractivity contribution in [1.29, 1.82) is 0 Å². The second-order valence-electron chi connectivity index (χ2n) is 7.83. The summed E-state index contributed by atoms with van der Waals surface area (Å²) in [7, 11) is -4.35. The van der Waals surface area contributed by atoms with Gasteiger partial charge in [-0.15, -0.1) is 6.58 Å². The minimum Gasteiger partial charge on any atom is -0.493 e. The van der Waals surface area contributed by atoms with E-state index in [4.69, 9.17) is 4.74 Å². The normalized spacial score (nSPS) is 15.6. The van der Waals surface area contributed by atoms with Gasteiger partial charge in [0, 0.05) is 17.5 Å². The number of ether oxygens (including phenoxy) is 1. The van der Waals surface area contributed by atoms with Crippen molar-refractivity contribution >= 4 is 26.9 Å². The van der Waals surface area contributed by atoms with E-state index < -0.39 is 38.9 Å². The molecule has 1 aliphatic rings. The van der Waals surface area contributed by atoms with E-state index in [2.05, 4.69) is 6.58 Å². The third kappa shape index (κ3) is 3.88. The minimum atomic E-state index is -4.64. The Labute approximate surface area is 188 Å². The van der Waals surface area contributed by atoms with Gasteiger partial charge in [-0.05, 0) is 48.4 Å². The predicted molar refractivity (Wildman–Crippen MR) is 116 cm³/mol. The first kappa shape index (κ1) is 22.9. The lowest BCUT2D eigenvalue weighted by atomic mass is 10.1. The quantitative estimate of drug-likeness (QED) is 0.509. The summed E-state index contributed by atoms with van der Waals surface area (Å²) < 4.78 is 73.6. The van der Waals surface area contributed by atoms with E-state index in [-0.39, 0.29) is 16.6 Å². The zero-order valence-corrected chi connectivity index (χ0v) is 18.3. The molecule has 0 radical (unpaired) electrons. The topological polar surface area (TPSA) is 85.6 Å². The van der Waals surface area contributed by atoms with E-state index in [1.54, 1.807) is 18.2 Å².